The molecule has 1 aliphatic heterocycles. The molecule has 1 fully saturated rings. The highest BCUT2D eigenvalue weighted by molar-refractivity contribution is 7.15. The van der Waals surface area contributed by atoms with Gasteiger partial charge in [-0.3, -0.25) is 9.78 Å². The Labute approximate surface area is 147 Å². The Morgan fingerprint density at radius 2 is 2.12 bits per heavy atom. The summed E-state index contributed by atoms with van der Waals surface area (Å²) in [5.74, 6) is 0.243. The molecule has 1 aliphatic rings. The van der Waals surface area contributed by atoms with Gasteiger partial charge >= 0.3 is 0 Å². The molecule has 128 valence electrons. The van der Waals surface area contributed by atoms with Gasteiger partial charge in [-0.25, -0.2) is 4.98 Å². The fraction of sp³-hybridized carbons (Fsp3) is 0.500. The second-order valence-corrected chi connectivity index (χ2v) is 7.40. The van der Waals surface area contributed by atoms with Crippen LogP contribution in [-0.4, -0.2) is 47.0 Å². The molecule has 2 aromatic rings. The molecule has 0 saturated carbocycles. The van der Waals surface area contributed by atoms with Crippen molar-refractivity contribution < 1.29 is 4.79 Å². The second kappa shape index (κ2) is 7.75. The molecule has 0 aliphatic carbocycles. The van der Waals surface area contributed by atoms with Gasteiger partial charge in [0.25, 0.3) is 0 Å². The van der Waals surface area contributed by atoms with Gasteiger partial charge in [-0.1, -0.05) is 6.07 Å². The lowest BCUT2D eigenvalue weighted by atomic mass is 10.1. The van der Waals surface area contributed by atoms with Crippen molar-refractivity contribution in [2.24, 2.45) is 0 Å². The molecule has 1 amide bonds. The summed E-state index contributed by atoms with van der Waals surface area (Å²) in [6.07, 6.45) is 5.91. The molecule has 6 heteroatoms. The first-order valence-electron chi connectivity index (χ1n) is 8.49. The SMILES string of the molecule is Cc1nc(N2CCCN(C(=O)CCc3cccnc3)CC2)sc1C. The Morgan fingerprint density at radius 3 is 2.83 bits per heavy atom. The highest BCUT2D eigenvalue weighted by Gasteiger charge is 2.21. The van der Waals surface area contributed by atoms with Crippen molar-refractivity contribution in [1.29, 1.82) is 0 Å². The van der Waals surface area contributed by atoms with Crippen LogP contribution in [-0.2, 0) is 11.2 Å². The van der Waals surface area contributed by atoms with Crippen LogP contribution < -0.4 is 4.90 Å². The van der Waals surface area contributed by atoms with Gasteiger partial charge in [0.2, 0.25) is 5.91 Å². The van der Waals surface area contributed by atoms with Gasteiger partial charge in [0, 0.05) is 49.9 Å². The summed E-state index contributed by atoms with van der Waals surface area (Å²) in [6.45, 7) is 7.63. The summed E-state index contributed by atoms with van der Waals surface area (Å²) in [5, 5.41) is 1.09. The summed E-state index contributed by atoms with van der Waals surface area (Å²) in [4.78, 5) is 26.9. The summed E-state index contributed by atoms with van der Waals surface area (Å²) in [5.41, 5.74) is 2.24. The van der Waals surface area contributed by atoms with E-state index in [0.29, 0.717) is 6.42 Å². The summed E-state index contributed by atoms with van der Waals surface area (Å²) >= 11 is 1.75. The van der Waals surface area contributed by atoms with Gasteiger partial charge in [0.1, 0.15) is 0 Å². The number of amides is 1. The van der Waals surface area contributed by atoms with Crippen LogP contribution in [0.5, 0.6) is 0 Å². The number of pyridine rings is 1. The molecule has 0 unspecified atom stereocenters. The summed E-state index contributed by atoms with van der Waals surface area (Å²) in [6, 6.07) is 3.94. The van der Waals surface area contributed by atoms with Crippen LogP contribution >= 0.6 is 11.3 Å². The standard InChI is InChI=1S/C18H24N4OS/c1-14-15(2)24-18(20-14)22-10-4-9-21(11-12-22)17(23)7-6-16-5-3-8-19-13-16/h3,5,8,13H,4,6-7,9-12H2,1-2H3. The number of hydrogen-bond acceptors (Lipinski definition) is 5. The Hall–Kier alpha value is -1.95. The maximum Gasteiger partial charge on any atom is 0.222 e. The number of hydrogen-bond donors (Lipinski definition) is 0. The lowest BCUT2D eigenvalue weighted by Gasteiger charge is -2.21. The van der Waals surface area contributed by atoms with E-state index in [-0.39, 0.29) is 5.91 Å². The van der Waals surface area contributed by atoms with Crippen LogP contribution in [0.3, 0.4) is 0 Å². The van der Waals surface area contributed by atoms with E-state index < -0.39 is 0 Å². The molecule has 24 heavy (non-hydrogen) atoms. The molecule has 2 aromatic heterocycles. The topological polar surface area (TPSA) is 49.3 Å². The van der Waals surface area contributed by atoms with E-state index in [1.54, 1.807) is 17.5 Å². The van der Waals surface area contributed by atoms with E-state index in [1.165, 1.54) is 4.88 Å². The highest BCUT2D eigenvalue weighted by Crippen LogP contribution is 2.26. The number of carbonyl (C=O) groups is 1. The van der Waals surface area contributed by atoms with Crippen molar-refractivity contribution in [2.45, 2.75) is 33.1 Å². The quantitative estimate of drug-likeness (QED) is 0.856. The van der Waals surface area contributed by atoms with E-state index in [0.717, 1.165) is 55.4 Å². The van der Waals surface area contributed by atoms with Crippen molar-refractivity contribution in [2.75, 3.05) is 31.1 Å². The minimum atomic E-state index is 0.243. The molecule has 0 spiro atoms. The number of aryl methyl sites for hydroxylation is 3. The number of nitrogens with zero attached hydrogens (tertiary/aromatic N) is 4. The van der Waals surface area contributed by atoms with Crippen molar-refractivity contribution in [3.63, 3.8) is 0 Å². The van der Waals surface area contributed by atoms with E-state index in [9.17, 15) is 4.79 Å². The van der Waals surface area contributed by atoms with Gasteiger partial charge in [0.05, 0.1) is 5.69 Å². The zero-order chi connectivity index (χ0) is 16.9. The van der Waals surface area contributed by atoms with E-state index in [2.05, 4.69) is 28.7 Å². The van der Waals surface area contributed by atoms with Crippen LogP contribution in [0, 0.1) is 13.8 Å². The number of rotatable bonds is 4. The fourth-order valence-corrected chi connectivity index (χ4v) is 3.87. The first kappa shape index (κ1) is 16.9. The van der Waals surface area contributed by atoms with Crippen LogP contribution in [0.25, 0.3) is 0 Å². The second-order valence-electron chi connectivity index (χ2n) is 6.22. The smallest absolute Gasteiger partial charge is 0.222 e. The molecule has 0 aromatic carbocycles. The minimum Gasteiger partial charge on any atom is -0.346 e. The molecule has 0 bridgehead atoms. The first-order valence-corrected chi connectivity index (χ1v) is 9.31. The number of carbonyl (C=O) groups excluding carboxylic acids is 1. The zero-order valence-corrected chi connectivity index (χ0v) is 15.2. The maximum atomic E-state index is 12.5. The largest absolute Gasteiger partial charge is 0.346 e. The monoisotopic (exact) mass is 344 g/mol. The van der Waals surface area contributed by atoms with Crippen LogP contribution in [0.2, 0.25) is 0 Å². The molecule has 0 radical (unpaired) electrons. The van der Waals surface area contributed by atoms with E-state index in [1.807, 2.05) is 23.2 Å². The molecule has 0 atom stereocenters. The Bertz CT molecular complexity index is 666. The molecule has 1 saturated heterocycles. The normalized spacial score (nSPS) is 15.4. The molecular weight excluding hydrogens is 320 g/mol. The van der Waals surface area contributed by atoms with Gasteiger partial charge < -0.3 is 9.80 Å². The lowest BCUT2D eigenvalue weighted by molar-refractivity contribution is -0.130. The third kappa shape index (κ3) is 4.12. The lowest BCUT2D eigenvalue weighted by Crippen LogP contribution is -2.35. The third-order valence-corrected chi connectivity index (χ3v) is 5.62. The number of anilines is 1. The van der Waals surface area contributed by atoms with Crippen LogP contribution in [0.1, 0.15) is 29.0 Å². The van der Waals surface area contributed by atoms with Crippen LogP contribution in [0.4, 0.5) is 5.13 Å². The summed E-state index contributed by atoms with van der Waals surface area (Å²) in [7, 11) is 0. The van der Waals surface area contributed by atoms with Gasteiger partial charge in [-0.15, -0.1) is 11.3 Å². The minimum absolute atomic E-state index is 0.243. The fourth-order valence-electron chi connectivity index (χ4n) is 2.90. The van der Waals surface area contributed by atoms with Crippen LogP contribution in [0.15, 0.2) is 24.5 Å². The molecule has 5 nitrogen and oxygen atoms in total. The number of thiazole rings is 1. The van der Waals surface area contributed by atoms with E-state index in [4.69, 9.17) is 0 Å². The van der Waals surface area contributed by atoms with Crippen molar-refractivity contribution in [3.05, 3.63) is 40.7 Å². The number of aromatic nitrogens is 2. The van der Waals surface area contributed by atoms with Crippen molar-refractivity contribution >= 4 is 22.4 Å². The molecular formula is C18H24N4OS. The van der Waals surface area contributed by atoms with Gasteiger partial charge in [0.15, 0.2) is 5.13 Å². The van der Waals surface area contributed by atoms with Crippen molar-refractivity contribution in [1.82, 2.24) is 14.9 Å². The van der Waals surface area contributed by atoms with Crippen molar-refractivity contribution in [3.8, 4) is 0 Å². The van der Waals surface area contributed by atoms with Gasteiger partial charge in [-0.05, 0) is 38.3 Å². The first-order chi connectivity index (χ1) is 11.6. The molecule has 3 heterocycles. The zero-order valence-electron chi connectivity index (χ0n) is 14.4. The highest BCUT2D eigenvalue weighted by atomic mass is 32.1. The average molecular weight is 344 g/mol. The molecule has 3 rings (SSSR count). The van der Waals surface area contributed by atoms with E-state index >= 15 is 0 Å². The maximum absolute atomic E-state index is 12.5. The Kier molecular flexibility index (Phi) is 5.45. The third-order valence-electron chi connectivity index (χ3n) is 4.49. The van der Waals surface area contributed by atoms with Gasteiger partial charge in [-0.2, -0.15) is 0 Å². The Morgan fingerprint density at radius 1 is 1.25 bits per heavy atom. The summed E-state index contributed by atoms with van der Waals surface area (Å²) < 4.78 is 0. The Balaban J connectivity index is 1.54. The molecule has 0 N–H and O–H groups in total. The predicted octanol–water partition coefficient (Wildman–Crippen LogP) is 2.83. The predicted molar refractivity (Wildman–Crippen MR) is 97.6 cm³/mol. The average Bonchev–Trinajstić information content (AvgIpc) is 2.80.